The van der Waals surface area contributed by atoms with Crippen molar-refractivity contribution in [1.82, 2.24) is 0 Å². The third-order valence-corrected chi connectivity index (χ3v) is 2.26. The van der Waals surface area contributed by atoms with E-state index in [0.29, 0.717) is 0 Å². The first-order valence-corrected chi connectivity index (χ1v) is 5.41. The van der Waals surface area contributed by atoms with Crippen LogP contribution in [0.15, 0.2) is 18.2 Å². The maximum atomic E-state index is 9.69. The quantitative estimate of drug-likeness (QED) is 0.759. The average molecular weight is 194 g/mol. The molecule has 1 atom stereocenters. The van der Waals surface area contributed by atoms with Gasteiger partial charge >= 0.3 is 0 Å². The van der Waals surface area contributed by atoms with Gasteiger partial charge in [0.05, 0.1) is 6.10 Å². The fourth-order valence-electron chi connectivity index (χ4n) is 1.56. The summed E-state index contributed by atoms with van der Waals surface area (Å²) >= 11 is 0. The van der Waals surface area contributed by atoms with E-state index in [1.807, 2.05) is 52.8 Å². The molecule has 1 nitrogen and oxygen atoms in total. The fourth-order valence-corrected chi connectivity index (χ4v) is 1.56. The Kier molecular flexibility index (Phi) is 6.22. The minimum atomic E-state index is -0.300. The van der Waals surface area contributed by atoms with Gasteiger partial charge in [-0.25, -0.2) is 0 Å². The van der Waals surface area contributed by atoms with Gasteiger partial charge in [-0.3, -0.25) is 0 Å². The van der Waals surface area contributed by atoms with E-state index in [9.17, 15) is 5.11 Å². The third kappa shape index (κ3) is 3.15. The molecule has 1 unspecified atom stereocenters. The van der Waals surface area contributed by atoms with Crippen LogP contribution in [0.1, 0.15) is 50.0 Å². The van der Waals surface area contributed by atoms with Crippen molar-refractivity contribution in [2.75, 3.05) is 0 Å². The molecule has 0 saturated heterocycles. The maximum absolute atomic E-state index is 9.69. The lowest BCUT2D eigenvalue weighted by Crippen LogP contribution is -2.00. The van der Waals surface area contributed by atoms with E-state index in [0.717, 1.165) is 12.0 Å². The van der Waals surface area contributed by atoms with E-state index >= 15 is 0 Å². The van der Waals surface area contributed by atoms with Crippen molar-refractivity contribution in [1.29, 1.82) is 0 Å². The molecule has 14 heavy (non-hydrogen) atoms. The van der Waals surface area contributed by atoms with Gasteiger partial charge < -0.3 is 5.11 Å². The zero-order valence-corrected chi connectivity index (χ0v) is 9.96. The zero-order valence-electron chi connectivity index (χ0n) is 9.96. The average Bonchev–Trinajstić information content (AvgIpc) is 2.20. The number of rotatable bonds is 2. The van der Waals surface area contributed by atoms with Crippen LogP contribution in [0.5, 0.6) is 0 Å². The van der Waals surface area contributed by atoms with Gasteiger partial charge in [-0.15, -0.1) is 0 Å². The van der Waals surface area contributed by atoms with E-state index < -0.39 is 0 Å². The smallest absolute Gasteiger partial charge is 0.0792 e. The zero-order chi connectivity index (χ0) is 11.1. The monoisotopic (exact) mass is 194 g/mol. The van der Waals surface area contributed by atoms with Crippen LogP contribution in [0, 0.1) is 13.8 Å². The van der Waals surface area contributed by atoms with E-state index in [-0.39, 0.29) is 6.10 Å². The predicted molar refractivity (Wildman–Crippen MR) is 62.5 cm³/mol. The minimum absolute atomic E-state index is 0.300. The molecule has 80 valence electrons. The molecule has 1 aromatic rings. The summed E-state index contributed by atoms with van der Waals surface area (Å²) in [6.07, 6.45) is 0.484. The number of hydrogen-bond acceptors (Lipinski definition) is 1. The van der Waals surface area contributed by atoms with E-state index in [1.165, 1.54) is 11.1 Å². The van der Waals surface area contributed by atoms with E-state index in [2.05, 4.69) is 0 Å². The summed E-state index contributed by atoms with van der Waals surface area (Å²) in [5.41, 5.74) is 3.47. The van der Waals surface area contributed by atoms with Crippen molar-refractivity contribution in [3.63, 3.8) is 0 Å². The summed E-state index contributed by atoms with van der Waals surface area (Å²) in [7, 11) is 0. The van der Waals surface area contributed by atoms with Gasteiger partial charge in [-0.2, -0.15) is 0 Å². The molecular formula is C13H22O. The molecule has 1 heteroatoms. The van der Waals surface area contributed by atoms with Gasteiger partial charge in [0.1, 0.15) is 0 Å². The molecule has 0 spiro atoms. The summed E-state index contributed by atoms with van der Waals surface area (Å²) in [5, 5.41) is 9.69. The second kappa shape index (κ2) is 6.61. The van der Waals surface area contributed by atoms with Gasteiger partial charge in [0.15, 0.2) is 0 Å². The van der Waals surface area contributed by atoms with Gasteiger partial charge in [0.25, 0.3) is 0 Å². The van der Waals surface area contributed by atoms with Crippen LogP contribution >= 0.6 is 0 Å². The minimum Gasteiger partial charge on any atom is -0.388 e. The molecule has 0 fully saturated rings. The molecule has 1 aromatic carbocycles. The Morgan fingerprint density at radius 3 is 1.93 bits per heavy atom. The van der Waals surface area contributed by atoms with Crippen molar-refractivity contribution in [2.24, 2.45) is 0 Å². The molecule has 0 radical (unpaired) electrons. The first kappa shape index (κ1) is 13.2. The Bertz CT molecular complexity index is 246. The molecule has 1 rings (SSSR count). The molecule has 0 bridgehead atoms. The van der Waals surface area contributed by atoms with Crippen molar-refractivity contribution in [3.8, 4) is 0 Å². The molecule has 0 saturated carbocycles. The molecule has 1 N–H and O–H groups in total. The highest BCUT2D eigenvalue weighted by atomic mass is 16.3. The summed E-state index contributed by atoms with van der Waals surface area (Å²) in [4.78, 5) is 0. The largest absolute Gasteiger partial charge is 0.388 e. The van der Waals surface area contributed by atoms with Crippen molar-refractivity contribution in [2.45, 2.75) is 47.1 Å². The van der Waals surface area contributed by atoms with Gasteiger partial charge in [0.2, 0.25) is 0 Å². The van der Waals surface area contributed by atoms with Crippen LogP contribution < -0.4 is 0 Å². The first-order valence-electron chi connectivity index (χ1n) is 5.41. The lowest BCUT2D eigenvalue weighted by molar-refractivity contribution is 0.172. The normalized spacial score (nSPS) is 11.6. The predicted octanol–water partition coefficient (Wildman–Crippen LogP) is 3.77. The summed E-state index contributed by atoms with van der Waals surface area (Å²) in [5.74, 6) is 0. The van der Waals surface area contributed by atoms with Crippen LogP contribution in [0.2, 0.25) is 0 Å². The summed E-state index contributed by atoms with van der Waals surface area (Å²) in [6, 6.07) is 6.11. The summed E-state index contributed by atoms with van der Waals surface area (Å²) < 4.78 is 0. The third-order valence-electron chi connectivity index (χ3n) is 2.26. The van der Waals surface area contributed by atoms with Crippen LogP contribution in [-0.2, 0) is 0 Å². The Balaban J connectivity index is 0.000000791. The Labute approximate surface area is 87.8 Å². The lowest BCUT2D eigenvalue weighted by Gasteiger charge is -2.14. The molecule has 0 aromatic heterocycles. The number of aryl methyl sites for hydroxylation is 2. The Morgan fingerprint density at radius 1 is 1.14 bits per heavy atom. The van der Waals surface area contributed by atoms with Crippen LogP contribution in [0.3, 0.4) is 0 Å². The first-order chi connectivity index (χ1) is 6.66. The highest BCUT2D eigenvalue weighted by Gasteiger charge is 2.09. The standard InChI is InChI=1S/C11H16O.C2H6/c1-4-10(12)11-8(2)6-5-7-9(11)3;1-2/h5-7,10,12H,4H2,1-3H3;1-2H3. The number of hydrogen-bond donors (Lipinski definition) is 1. The Morgan fingerprint density at radius 2 is 1.57 bits per heavy atom. The van der Waals surface area contributed by atoms with E-state index in [4.69, 9.17) is 0 Å². The molecular weight excluding hydrogens is 172 g/mol. The fraction of sp³-hybridized carbons (Fsp3) is 0.538. The molecule has 0 amide bonds. The van der Waals surface area contributed by atoms with Crippen LogP contribution in [0.4, 0.5) is 0 Å². The van der Waals surface area contributed by atoms with E-state index in [1.54, 1.807) is 0 Å². The maximum Gasteiger partial charge on any atom is 0.0792 e. The van der Waals surface area contributed by atoms with Crippen molar-refractivity contribution < 1.29 is 5.11 Å². The second-order valence-electron chi connectivity index (χ2n) is 3.23. The number of benzene rings is 1. The molecule has 0 aliphatic carbocycles. The highest BCUT2D eigenvalue weighted by Crippen LogP contribution is 2.23. The van der Waals surface area contributed by atoms with Gasteiger partial charge in [-0.05, 0) is 37.0 Å². The second-order valence-corrected chi connectivity index (χ2v) is 3.23. The SMILES string of the molecule is CC.CCC(O)c1c(C)cccc1C. The Hall–Kier alpha value is -0.820. The number of aliphatic hydroxyl groups is 1. The number of aliphatic hydroxyl groups excluding tert-OH is 1. The molecule has 0 aliphatic heterocycles. The van der Waals surface area contributed by atoms with Crippen molar-refractivity contribution in [3.05, 3.63) is 34.9 Å². The lowest BCUT2D eigenvalue weighted by atomic mass is 9.97. The molecule has 0 heterocycles. The van der Waals surface area contributed by atoms with Crippen LogP contribution in [0.25, 0.3) is 0 Å². The topological polar surface area (TPSA) is 20.2 Å². The van der Waals surface area contributed by atoms with Gasteiger partial charge in [-0.1, -0.05) is 39.0 Å². The van der Waals surface area contributed by atoms with Crippen LogP contribution in [-0.4, -0.2) is 5.11 Å². The summed E-state index contributed by atoms with van der Waals surface area (Å²) in [6.45, 7) is 10.1. The molecule has 0 aliphatic rings. The highest BCUT2D eigenvalue weighted by molar-refractivity contribution is 5.35. The van der Waals surface area contributed by atoms with Gasteiger partial charge in [0, 0.05) is 0 Å². The van der Waals surface area contributed by atoms with Crippen molar-refractivity contribution >= 4 is 0 Å².